The van der Waals surface area contributed by atoms with Crippen molar-refractivity contribution in [2.24, 2.45) is 0 Å². The van der Waals surface area contributed by atoms with Gasteiger partial charge in [-0.1, -0.05) is 23.2 Å². The first kappa shape index (κ1) is 20.1. The summed E-state index contributed by atoms with van der Waals surface area (Å²) < 4.78 is 0. The number of halogens is 2. The van der Waals surface area contributed by atoms with Crippen molar-refractivity contribution in [1.29, 1.82) is 0 Å². The second kappa shape index (κ2) is 8.65. The van der Waals surface area contributed by atoms with Crippen LogP contribution in [0.2, 0.25) is 10.0 Å². The Morgan fingerprint density at radius 3 is 1.53 bits per heavy atom. The van der Waals surface area contributed by atoms with Gasteiger partial charge in [0.15, 0.2) is 11.6 Å². The Labute approximate surface area is 181 Å². The van der Waals surface area contributed by atoms with Gasteiger partial charge in [-0.25, -0.2) is 9.97 Å². The summed E-state index contributed by atoms with van der Waals surface area (Å²) in [6.45, 7) is 0. The predicted octanol–water partition coefficient (Wildman–Crippen LogP) is 4.58. The van der Waals surface area contributed by atoms with Crippen LogP contribution in [0.25, 0.3) is 11.0 Å². The third-order valence-corrected chi connectivity index (χ3v) is 5.21. The fourth-order valence-corrected chi connectivity index (χ4v) is 3.29. The Kier molecular flexibility index (Phi) is 5.79. The number of carbonyl (C=O) groups excluding carboxylic acids is 2. The number of ketones is 2. The highest BCUT2D eigenvalue weighted by Crippen LogP contribution is 2.27. The summed E-state index contributed by atoms with van der Waals surface area (Å²) in [4.78, 5) is 42.6. The van der Waals surface area contributed by atoms with E-state index in [1.807, 2.05) is 0 Å². The standard InChI is InChI=1S/C22H14Cl2N4O2/c23-15-7-17-18(8-16(15)24)28-20(10-22(30)14-4-2-6-26-12-14)19(27-17)9-21(29)13-3-1-5-25-11-13/h1-8,11-12H,9-10H2. The van der Waals surface area contributed by atoms with Gasteiger partial charge >= 0.3 is 0 Å². The van der Waals surface area contributed by atoms with Gasteiger partial charge in [-0.15, -0.1) is 0 Å². The van der Waals surface area contributed by atoms with Crippen LogP contribution in [-0.2, 0) is 12.8 Å². The number of fused-ring (bicyclic) bond motifs is 1. The lowest BCUT2D eigenvalue weighted by Gasteiger charge is -2.10. The van der Waals surface area contributed by atoms with Crippen molar-refractivity contribution in [2.45, 2.75) is 12.8 Å². The first-order chi connectivity index (χ1) is 14.5. The van der Waals surface area contributed by atoms with Crippen LogP contribution in [0.5, 0.6) is 0 Å². The molecule has 0 N–H and O–H groups in total. The Balaban J connectivity index is 1.75. The monoisotopic (exact) mass is 436 g/mol. The zero-order valence-electron chi connectivity index (χ0n) is 15.5. The lowest BCUT2D eigenvalue weighted by Crippen LogP contribution is -2.14. The van der Waals surface area contributed by atoms with Crippen molar-refractivity contribution in [3.63, 3.8) is 0 Å². The van der Waals surface area contributed by atoms with E-state index in [2.05, 4.69) is 19.9 Å². The number of hydrogen-bond donors (Lipinski definition) is 0. The molecule has 4 rings (SSSR count). The van der Waals surface area contributed by atoms with Gasteiger partial charge < -0.3 is 0 Å². The van der Waals surface area contributed by atoms with Gasteiger partial charge in [0.2, 0.25) is 0 Å². The summed E-state index contributed by atoms with van der Waals surface area (Å²) in [7, 11) is 0. The van der Waals surface area contributed by atoms with Crippen molar-refractivity contribution in [3.8, 4) is 0 Å². The van der Waals surface area contributed by atoms with Crippen LogP contribution in [0, 0.1) is 0 Å². The number of hydrogen-bond acceptors (Lipinski definition) is 6. The summed E-state index contributed by atoms with van der Waals surface area (Å²) in [6, 6.07) is 9.93. The van der Waals surface area contributed by atoms with Crippen molar-refractivity contribution < 1.29 is 9.59 Å². The Morgan fingerprint density at radius 2 is 1.17 bits per heavy atom. The molecule has 8 heteroatoms. The zero-order valence-corrected chi connectivity index (χ0v) is 17.1. The fraction of sp³-hybridized carbons (Fsp3) is 0.0909. The molecule has 0 aliphatic heterocycles. The average molecular weight is 437 g/mol. The second-order valence-corrected chi connectivity index (χ2v) is 7.37. The molecule has 0 amide bonds. The number of benzene rings is 1. The molecule has 3 heterocycles. The van der Waals surface area contributed by atoms with Crippen LogP contribution in [-0.4, -0.2) is 31.5 Å². The Bertz CT molecular complexity index is 1150. The summed E-state index contributed by atoms with van der Waals surface area (Å²) in [5.74, 6) is -0.348. The first-order valence-corrected chi connectivity index (χ1v) is 9.78. The molecule has 0 aliphatic rings. The second-order valence-electron chi connectivity index (χ2n) is 6.56. The third-order valence-electron chi connectivity index (χ3n) is 4.48. The van der Waals surface area contributed by atoms with E-state index in [-0.39, 0.29) is 24.4 Å². The minimum absolute atomic E-state index is 0.0233. The van der Waals surface area contributed by atoms with Crippen LogP contribution in [0.1, 0.15) is 32.1 Å². The zero-order chi connectivity index (χ0) is 21.1. The molecule has 0 bridgehead atoms. The third kappa shape index (κ3) is 4.35. The molecular formula is C22H14Cl2N4O2. The maximum atomic E-state index is 12.7. The van der Waals surface area contributed by atoms with E-state index >= 15 is 0 Å². The lowest BCUT2D eigenvalue weighted by atomic mass is 10.0. The minimum atomic E-state index is -0.174. The SMILES string of the molecule is O=C(Cc1nc2cc(Cl)c(Cl)cc2nc1CC(=O)c1cccnc1)c1cccnc1. The number of nitrogens with zero attached hydrogens (tertiary/aromatic N) is 4. The first-order valence-electron chi connectivity index (χ1n) is 9.02. The van der Waals surface area contributed by atoms with Crippen molar-refractivity contribution >= 4 is 45.8 Å². The Morgan fingerprint density at radius 1 is 0.733 bits per heavy atom. The largest absolute Gasteiger partial charge is 0.294 e. The predicted molar refractivity (Wildman–Crippen MR) is 114 cm³/mol. The molecule has 0 saturated carbocycles. The Hall–Kier alpha value is -3.22. The normalized spacial score (nSPS) is 10.9. The van der Waals surface area contributed by atoms with Gasteiger partial charge in [-0.05, 0) is 36.4 Å². The van der Waals surface area contributed by atoms with Crippen LogP contribution in [0.15, 0.2) is 61.2 Å². The highest BCUT2D eigenvalue weighted by Gasteiger charge is 2.18. The number of Topliss-reactive ketones (excluding diaryl/α,β-unsaturated/α-hetero) is 2. The number of rotatable bonds is 6. The van der Waals surface area contributed by atoms with E-state index in [0.717, 1.165) is 0 Å². The maximum Gasteiger partial charge on any atom is 0.170 e. The lowest BCUT2D eigenvalue weighted by molar-refractivity contribution is 0.0976. The molecule has 1 aromatic carbocycles. The van der Waals surface area contributed by atoms with E-state index in [4.69, 9.17) is 23.2 Å². The van der Waals surface area contributed by atoms with Gasteiger partial charge in [0, 0.05) is 35.9 Å². The van der Waals surface area contributed by atoms with Crippen LogP contribution in [0.3, 0.4) is 0 Å². The van der Waals surface area contributed by atoms with Gasteiger partial charge in [-0.3, -0.25) is 19.6 Å². The van der Waals surface area contributed by atoms with Crippen LogP contribution in [0.4, 0.5) is 0 Å². The molecule has 148 valence electrons. The van der Waals surface area contributed by atoms with E-state index in [1.165, 1.54) is 12.4 Å². The highest BCUT2D eigenvalue weighted by molar-refractivity contribution is 6.42. The summed E-state index contributed by atoms with van der Waals surface area (Å²) in [6.07, 6.45) is 6.13. The molecule has 0 atom stereocenters. The number of aromatic nitrogens is 4. The molecular weight excluding hydrogens is 423 g/mol. The topological polar surface area (TPSA) is 85.7 Å². The molecule has 0 fully saturated rings. The quantitative estimate of drug-likeness (QED) is 0.411. The summed E-state index contributed by atoms with van der Waals surface area (Å²) in [5, 5.41) is 0.671. The molecule has 3 aromatic heterocycles. The molecule has 6 nitrogen and oxygen atoms in total. The number of carbonyl (C=O) groups is 2. The highest BCUT2D eigenvalue weighted by atomic mass is 35.5. The van der Waals surface area contributed by atoms with Gasteiger partial charge in [0.05, 0.1) is 45.3 Å². The number of pyridine rings is 2. The average Bonchev–Trinajstić information content (AvgIpc) is 2.76. The molecule has 0 spiro atoms. The van der Waals surface area contributed by atoms with E-state index in [0.29, 0.717) is 43.6 Å². The van der Waals surface area contributed by atoms with Gasteiger partial charge in [0.1, 0.15) is 0 Å². The molecule has 0 aliphatic carbocycles. The summed E-state index contributed by atoms with van der Waals surface area (Å²) >= 11 is 12.2. The molecule has 4 aromatic rings. The molecule has 0 radical (unpaired) electrons. The van der Waals surface area contributed by atoms with Gasteiger partial charge in [-0.2, -0.15) is 0 Å². The van der Waals surface area contributed by atoms with E-state index in [1.54, 1.807) is 48.8 Å². The van der Waals surface area contributed by atoms with Crippen molar-refractivity contribution in [1.82, 2.24) is 19.9 Å². The molecule has 0 unspecified atom stereocenters. The maximum absolute atomic E-state index is 12.7. The van der Waals surface area contributed by atoms with Crippen molar-refractivity contribution in [2.75, 3.05) is 0 Å². The molecule has 30 heavy (non-hydrogen) atoms. The van der Waals surface area contributed by atoms with Crippen LogP contribution >= 0.6 is 23.2 Å². The van der Waals surface area contributed by atoms with Crippen LogP contribution < -0.4 is 0 Å². The van der Waals surface area contributed by atoms with E-state index < -0.39 is 0 Å². The molecule has 0 saturated heterocycles. The summed E-state index contributed by atoms with van der Waals surface area (Å²) in [5.41, 5.74) is 2.72. The fourth-order valence-electron chi connectivity index (χ4n) is 2.97. The van der Waals surface area contributed by atoms with Crippen molar-refractivity contribution in [3.05, 3.63) is 93.7 Å². The smallest absolute Gasteiger partial charge is 0.170 e. The van der Waals surface area contributed by atoms with Gasteiger partial charge in [0.25, 0.3) is 0 Å². The van der Waals surface area contributed by atoms with E-state index in [9.17, 15) is 9.59 Å². The minimum Gasteiger partial charge on any atom is -0.294 e.